The van der Waals surface area contributed by atoms with Gasteiger partial charge in [-0.3, -0.25) is 4.90 Å². The highest BCUT2D eigenvalue weighted by Crippen LogP contribution is 2.16. The van der Waals surface area contributed by atoms with Gasteiger partial charge in [0.2, 0.25) is 0 Å². The van der Waals surface area contributed by atoms with Crippen molar-refractivity contribution < 1.29 is 19.1 Å². The van der Waals surface area contributed by atoms with Crippen LogP contribution >= 0.6 is 22.6 Å². The average Bonchev–Trinajstić information content (AvgIpc) is 2.56. The number of hydrogen-bond donors (Lipinski definition) is 0. The molecule has 0 saturated carbocycles. The SMILES string of the molecule is CCOC(=O)C(Cc1ccc(I)cc1)N(CCC(C)C)C(=O)OCC. The van der Waals surface area contributed by atoms with E-state index in [1.54, 1.807) is 13.8 Å². The van der Waals surface area contributed by atoms with E-state index in [9.17, 15) is 9.59 Å². The number of rotatable bonds is 9. The van der Waals surface area contributed by atoms with Gasteiger partial charge in [0, 0.05) is 16.5 Å². The summed E-state index contributed by atoms with van der Waals surface area (Å²) in [6.45, 7) is 8.71. The Kier molecular flexibility index (Phi) is 9.85. The molecule has 0 aliphatic heterocycles. The van der Waals surface area contributed by atoms with Crippen molar-refractivity contribution in [1.29, 1.82) is 0 Å². The topological polar surface area (TPSA) is 55.8 Å². The molecule has 0 fully saturated rings. The Bertz CT molecular complexity index is 545. The van der Waals surface area contributed by atoms with Gasteiger partial charge in [-0.1, -0.05) is 26.0 Å². The van der Waals surface area contributed by atoms with E-state index in [1.165, 1.54) is 4.90 Å². The quantitative estimate of drug-likeness (QED) is 0.407. The van der Waals surface area contributed by atoms with Crippen LogP contribution in [0, 0.1) is 9.49 Å². The van der Waals surface area contributed by atoms with Gasteiger partial charge in [0.15, 0.2) is 0 Å². The van der Waals surface area contributed by atoms with E-state index in [0.717, 1.165) is 15.6 Å². The van der Waals surface area contributed by atoms with Gasteiger partial charge in [0.25, 0.3) is 0 Å². The summed E-state index contributed by atoms with van der Waals surface area (Å²) in [5.41, 5.74) is 0.984. The van der Waals surface area contributed by atoms with Crippen LogP contribution in [-0.4, -0.2) is 42.8 Å². The number of halogens is 1. The molecule has 1 unspecified atom stereocenters. The Morgan fingerprint density at radius 1 is 1.08 bits per heavy atom. The van der Waals surface area contributed by atoms with Crippen molar-refractivity contribution in [1.82, 2.24) is 4.90 Å². The minimum atomic E-state index is -0.683. The van der Waals surface area contributed by atoms with Gasteiger partial charge >= 0.3 is 12.1 Å². The fourth-order valence-electron chi connectivity index (χ4n) is 2.38. The van der Waals surface area contributed by atoms with Crippen molar-refractivity contribution in [2.45, 2.75) is 46.6 Å². The van der Waals surface area contributed by atoms with Crippen molar-refractivity contribution >= 4 is 34.7 Å². The molecule has 0 heterocycles. The van der Waals surface area contributed by atoms with E-state index in [0.29, 0.717) is 18.9 Å². The monoisotopic (exact) mass is 461 g/mol. The molecule has 1 rings (SSSR count). The lowest BCUT2D eigenvalue weighted by molar-refractivity contribution is -0.149. The van der Waals surface area contributed by atoms with E-state index >= 15 is 0 Å². The summed E-state index contributed by atoms with van der Waals surface area (Å²) in [6, 6.07) is 7.24. The molecule has 0 bridgehead atoms. The normalized spacial score (nSPS) is 11.9. The van der Waals surface area contributed by atoms with Crippen LogP contribution < -0.4 is 0 Å². The summed E-state index contributed by atoms with van der Waals surface area (Å²) in [5, 5.41) is 0. The molecule has 1 amide bonds. The Morgan fingerprint density at radius 2 is 1.68 bits per heavy atom. The van der Waals surface area contributed by atoms with Gasteiger partial charge in [-0.05, 0) is 66.5 Å². The maximum Gasteiger partial charge on any atom is 0.410 e. The zero-order chi connectivity index (χ0) is 18.8. The molecular formula is C19H28INO4. The molecule has 0 aliphatic rings. The number of amides is 1. The number of carbonyl (C=O) groups excluding carboxylic acids is 2. The van der Waals surface area contributed by atoms with Crippen molar-refractivity contribution in [2.24, 2.45) is 5.92 Å². The molecule has 6 heteroatoms. The van der Waals surface area contributed by atoms with Crippen LogP contribution in [0.1, 0.15) is 39.7 Å². The summed E-state index contributed by atoms with van der Waals surface area (Å²) < 4.78 is 11.5. The van der Waals surface area contributed by atoms with E-state index in [2.05, 4.69) is 36.4 Å². The lowest BCUT2D eigenvalue weighted by atomic mass is 10.0. The number of hydrogen-bond acceptors (Lipinski definition) is 4. The van der Waals surface area contributed by atoms with E-state index in [1.807, 2.05) is 24.3 Å². The van der Waals surface area contributed by atoms with Crippen LogP contribution in [0.3, 0.4) is 0 Å². The highest BCUT2D eigenvalue weighted by atomic mass is 127. The molecule has 0 saturated heterocycles. The molecule has 1 atom stereocenters. The zero-order valence-electron chi connectivity index (χ0n) is 15.5. The molecule has 0 aromatic heterocycles. The second-order valence-corrected chi connectivity index (χ2v) is 7.42. The van der Waals surface area contributed by atoms with Crippen LogP contribution in [0.2, 0.25) is 0 Å². The number of carbonyl (C=O) groups is 2. The van der Waals surface area contributed by atoms with Crippen LogP contribution in [0.15, 0.2) is 24.3 Å². The van der Waals surface area contributed by atoms with Crippen molar-refractivity contribution in [3.05, 3.63) is 33.4 Å². The van der Waals surface area contributed by atoms with Crippen LogP contribution in [0.25, 0.3) is 0 Å². The summed E-state index contributed by atoms with van der Waals surface area (Å²) in [7, 11) is 0. The first-order chi connectivity index (χ1) is 11.9. The average molecular weight is 461 g/mol. The largest absolute Gasteiger partial charge is 0.464 e. The van der Waals surface area contributed by atoms with Gasteiger partial charge in [0.05, 0.1) is 13.2 Å². The van der Waals surface area contributed by atoms with Gasteiger partial charge in [0.1, 0.15) is 6.04 Å². The Balaban J connectivity index is 3.06. The highest BCUT2D eigenvalue weighted by molar-refractivity contribution is 14.1. The number of nitrogens with zero attached hydrogens (tertiary/aromatic N) is 1. The molecule has 0 N–H and O–H groups in total. The number of esters is 1. The summed E-state index contributed by atoms with van der Waals surface area (Å²) in [5.74, 6) is 0.0240. The minimum Gasteiger partial charge on any atom is -0.464 e. The predicted molar refractivity (Wildman–Crippen MR) is 106 cm³/mol. The molecule has 5 nitrogen and oxygen atoms in total. The van der Waals surface area contributed by atoms with Gasteiger partial charge in [-0.25, -0.2) is 9.59 Å². The van der Waals surface area contributed by atoms with Crippen LogP contribution in [0.4, 0.5) is 4.79 Å². The van der Waals surface area contributed by atoms with Gasteiger partial charge in [-0.15, -0.1) is 0 Å². The maximum atomic E-state index is 12.5. The third kappa shape index (κ3) is 7.63. The summed E-state index contributed by atoms with van der Waals surface area (Å²) in [6.07, 6.45) is 0.736. The number of benzene rings is 1. The molecular weight excluding hydrogens is 433 g/mol. The van der Waals surface area contributed by atoms with Crippen LogP contribution in [0.5, 0.6) is 0 Å². The summed E-state index contributed by atoms with van der Waals surface area (Å²) in [4.78, 5) is 26.5. The van der Waals surface area contributed by atoms with Crippen molar-refractivity contribution in [3.63, 3.8) is 0 Å². The molecule has 25 heavy (non-hydrogen) atoms. The van der Waals surface area contributed by atoms with Crippen LogP contribution in [-0.2, 0) is 20.7 Å². The first-order valence-corrected chi connectivity index (χ1v) is 9.81. The number of ether oxygens (including phenoxy) is 2. The molecule has 140 valence electrons. The molecule has 0 spiro atoms. The summed E-state index contributed by atoms with van der Waals surface area (Å²) >= 11 is 2.24. The first kappa shape index (κ1) is 21.7. The first-order valence-electron chi connectivity index (χ1n) is 8.73. The van der Waals surface area contributed by atoms with Gasteiger partial charge < -0.3 is 9.47 Å². The van der Waals surface area contributed by atoms with Gasteiger partial charge in [-0.2, -0.15) is 0 Å². The van der Waals surface area contributed by atoms with E-state index < -0.39 is 18.1 Å². The molecule has 0 aliphatic carbocycles. The Morgan fingerprint density at radius 3 is 2.20 bits per heavy atom. The molecule has 0 radical (unpaired) electrons. The highest BCUT2D eigenvalue weighted by Gasteiger charge is 2.32. The van der Waals surface area contributed by atoms with E-state index in [-0.39, 0.29) is 13.2 Å². The maximum absolute atomic E-state index is 12.5. The smallest absolute Gasteiger partial charge is 0.410 e. The standard InChI is InChI=1S/C19H28INO4/c1-5-24-18(22)17(13-15-7-9-16(20)10-8-15)21(12-11-14(3)4)19(23)25-6-2/h7-10,14,17H,5-6,11-13H2,1-4H3. The molecule has 1 aromatic carbocycles. The Hall–Kier alpha value is -1.31. The lowest BCUT2D eigenvalue weighted by Gasteiger charge is -2.30. The Labute approximate surface area is 164 Å². The zero-order valence-corrected chi connectivity index (χ0v) is 17.6. The predicted octanol–water partition coefficient (Wildman–Crippen LogP) is 4.27. The third-order valence-electron chi connectivity index (χ3n) is 3.73. The fraction of sp³-hybridized carbons (Fsp3) is 0.579. The fourth-order valence-corrected chi connectivity index (χ4v) is 2.74. The van der Waals surface area contributed by atoms with Crippen molar-refractivity contribution in [3.8, 4) is 0 Å². The van der Waals surface area contributed by atoms with E-state index in [4.69, 9.17) is 9.47 Å². The molecule has 1 aromatic rings. The second kappa shape index (κ2) is 11.3. The second-order valence-electron chi connectivity index (χ2n) is 6.17. The minimum absolute atomic E-state index is 0.274. The lowest BCUT2D eigenvalue weighted by Crippen LogP contribution is -2.48. The van der Waals surface area contributed by atoms with Crippen molar-refractivity contribution in [2.75, 3.05) is 19.8 Å². The third-order valence-corrected chi connectivity index (χ3v) is 4.45.